The summed E-state index contributed by atoms with van der Waals surface area (Å²) in [5.74, 6) is 1.27. The number of imide groups is 1. The first kappa shape index (κ1) is 14.8. The first-order chi connectivity index (χ1) is 10.7. The van der Waals surface area contributed by atoms with Crippen LogP contribution in [0.3, 0.4) is 0 Å². The monoisotopic (exact) mass is 316 g/mol. The molecule has 2 aromatic rings. The fraction of sp³-hybridized carbons (Fsp3) is 0.333. The third kappa shape index (κ3) is 2.89. The Morgan fingerprint density at radius 1 is 1.09 bits per heavy atom. The van der Waals surface area contributed by atoms with Crippen molar-refractivity contribution in [2.45, 2.75) is 18.0 Å². The van der Waals surface area contributed by atoms with Gasteiger partial charge in [-0.25, -0.2) is 0 Å². The van der Waals surface area contributed by atoms with Crippen LogP contribution in [0.15, 0.2) is 35.5 Å². The van der Waals surface area contributed by atoms with Crippen LogP contribution in [0.2, 0.25) is 0 Å². The van der Waals surface area contributed by atoms with E-state index in [2.05, 4.69) is 10.2 Å². The molecule has 2 heterocycles. The predicted molar refractivity (Wildman–Crippen MR) is 83.1 cm³/mol. The number of thioether (sulfide) groups is 1. The summed E-state index contributed by atoms with van der Waals surface area (Å²) in [4.78, 5) is 24.4. The van der Waals surface area contributed by atoms with E-state index in [1.165, 1.54) is 16.7 Å². The number of hydrogen-bond donors (Lipinski definition) is 0. The number of amides is 2. The molecule has 2 amide bonds. The average Bonchev–Trinajstić information content (AvgIpc) is 3.05. The van der Waals surface area contributed by atoms with Crippen LogP contribution < -0.4 is 0 Å². The first-order valence-electron chi connectivity index (χ1n) is 7.07. The second-order valence-corrected chi connectivity index (χ2v) is 6.08. The minimum Gasteiger partial charge on any atom is -0.305 e. The number of carbonyl (C=O) groups excluding carboxylic acids is 2. The Balaban J connectivity index is 1.63. The standard InChI is InChI=1S/C15H16N4O2S/c1-18-14(11-5-3-2-4-6-11)16-17-15(18)22-10-9-19-12(20)7-8-13(19)21/h2-6H,7-10H2,1H3. The molecule has 1 aromatic heterocycles. The van der Waals surface area contributed by atoms with Crippen molar-refractivity contribution in [1.82, 2.24) is 19.7 Å². The summed E-state index contributed by atoms with van der Waals surface area (Å²) >= 11 is 1.50. The minimum atomic E-state index is -0.0754. The lowest BCUT2D eigenvalue weighted by Gasteiger charge is -2.12. The van der Waals surface area contributed by atoms with Crippen LogP contribution in [-0.4, -0.2) is 43.8 Å². The van der Waals surface area contributed by atoms with Gasteiger partial charge in [0.15, 0.2) is 11.0 Å². The third-order valence-electron chi connectivity index (χ3n) is 3.57. The lowest BCUT2D eigenvalue weighted by Crippen LogP contribution is -2.31. The van der Waals surface area contributed by atoms with Crippen LogP contribution in [0.1, 0.15) is 12.8 Å². The minimum absolute atomic E-state index is 0.0754. The Kier molecular flexibility index (Phi) is 4.24. The van der Waals surface area contributed by atoms with Crippen molar-refractivity contribution in [3.63, 3.8) is 0 Å². The SMILES string of the molecule is Cn1c(SCCN2C(=O)CCC2=O)nnc1-c1ccccc1. The molecule has 0 radical (unpaired) electrons. The van der Waals surface area contributed by atoms with Crippen molar-refractivity contribution in [2.75, 3.05) is 12.3 Å². The molecule has 7 heteroatoms. The fourth-order valence-corrected chi connectivity index (χ4v) is 3.21. The van der Waals surface area contributed by atoms with E-state index in [4.69, 9.17) is 0 Å². The van der Waals surface area contributed by atoms with E-state index in [0.29, 0.717) is 25.1 Å². The lowest BCUT2D eigenvalue weighted by molar-refractivity contribution is -0.137. The molecule has 1 aliphatic heterocycles. The van der Waals surface area contributed by atoms with Crippen molar-refractivity contribution < 1.29 is 9.59 Å². The van der Waals surface area contributed by atoms with Crippen molar-refractivity contribution in [3.05, 3.63) is 30.3 Å². The molecule has 0 atom stereocenters. The van der Waals surface area contributed by atoms with E-state index < -0.39 is 0 Å². The first-order valence-corrected chi connectivity index (χ1v) is 8.06. The van der Waals surface area contributed by atoms with Gasteiger partial charge in [0.25, 0.3) is 0 Å². The Labute approximate surface area is 132 Å². The molecule has 0 saturated carbocycles. The van der Waals surface area contributed by atoms with Gasteiger partial charge in [-0.2, -0.15) is 0 Å². The number of carbonyl (C=O) groups is 2. The van der Waals surface area contributed by atoms with Crippen LogP contribution in [0.4, 0.5) is 0 Å². The van der Waals surface area contributed by atoms with Gasteiger partial charge in [0, 0.05) is 37.8 Å². The molecule has 0 unspecified atom stereocenters. The second kappa shape index (κ2) is 6.31. The van der Waals surface area contributed by atoms with Gasteiger partial charge in [-0.15, -0.1) is 10.2 Å². The number of benzene rings is 1. The van der Waals surface area contributed by atoms with Gasteiger partial charge >= 0.3 is 0 Å². The van der Waals surface area contributed by atoms with Crippen LogP contribution in [0.25, 0.3) is 11.4 Å². The number of hydrogen-bond acceptors (Lipinski definition) is 5. The topological polar surface area (TPSA) is 68.1 Å². The Hall–Kier alpha value is -2.15. The third-order valence-corrected chi connectivity index (χ3v) is 4.57. The van der Waals surface area contributed by atoms with Gasteiger partial charge in [0.2, 0.25) is 11.8 Å². The predicted octanol–water partition coefficient (Wildman–Crippen LogP) is 1.72. The molecule has 0 bridgehead atoms. The fourth-order valence-electron chi connectivity index (χ4n) is 2.38. The number of nitrogens with zero attached hydrogens (tertiary/aromatic N) is 4. The van der Waals surface area contributed by atoms with Gasteiger partial charge in [-0.1, -0.05) is 42.1 Å². The molecule has 114 valence electrons. The van der Waals surface area contributed by atoms with Crippen molar-refractivity contribution in [1.29, 1.82) is 0 Å². The zero-order valence-corrected chi connectivity index (χ0v) is 13.0. The van der Waals surface area contributed by atoms with Crippen LogP contribution >= 0.6 is 11.8 Å². The van der Waals surface area contributed by atoms with E-state index >= 15 is 0 Å². The Morgan fingerprint density at radius 3 is 2.45 bits per heavy atom. The smallest absolute Gasteiger partial charge is 0.229 e. The van der Waals surface area contributed by atoms with Crippen molar-refractivity contribution in [3.8, 4) is 11.4 Å². The zero-order valence-electron chi connectivity index (χ0n) is 12.2. The van der Waals surface area contributed by atoms with Gasteiger partial charge in [-0.3, -0.25) is 14.5 Å². The zero-order chi connectivity index (χ0) is 15.5. The van der Waals surface area contributed by atoms with Crippen LogP contribution in [-0.2, 0) is 16.6 Å². The van der Waals surface area contributed by atoms with Crippen molar-refractivity contribution in [2.24, 2.45) is 7.05 Å². The maximum Gasteiger partial charge on any atom is 0.229 e. The summed E-state index contributed by atoms with van der Waals surface area (Å²) in [5, 5.41) is 9.17. The van der Waals surface area contributed by atoms with E-state index in [9.17, 15) is 9.59 Å². The highest BCUT2D eigenvalue weighted by molar-refractivity contribution is 7.99. The quantitative estimate of drug-likeness (QED) is 0.620. The molecule has 0 N–H and O–H groups in total. The van der Waals surface area contributed by atoms with Crippen LogP contribution in [0, 0.1) is 0 Å². The van der Waals surface area contributed by atoms with Crippen LogP contribution in [0.5, 0.6) is 0 Å². The summed E-state index contributed by atoms with van der Waals surface area (Å²) < 4.78 is 1.92. The number of rotatable bonds is 5. The van der Waals surface area contributed by atoms with Gasteiger partial charge < -0.3 is 4.57 Å². The second-order valence-electron chi connectivity index (χ2n) is 5.02. The molecule has 1 fully saturated rings. The Bertz CT molecular complexity index is 683. The molecule has 1 aromatic carbocycles. The normalized spacial score (nSPS) is 14.9. The molecule has 22 heavy (non-hydrogen) atoms. The summed E-state index contributed by atoms with van der Waals surface area (Å²) in [6.45, 7) is 0.426. The molecular weight excluding hydrogens is 300 g/mol. The molecule has 0 aliphatic carbocycles. The van der Waals surface area contributed by atoms with E-state index in [1.807, 2.05) is 41.9 Å². The summed E-state index contributed by atoms with van der Waals surface area (Å²) in [6.07, 6.45) is 0.678. The van der Waals surface area contributed by atoms with E-state index in [0.717, 1.165) is 16.5 Å². The molecule has 3 rings (SSSR count). The lowest BCUT2D eigenvalue weighted by atomic mass is 10.2. The maximum absolute atomic E-state index is 11.5. The maximum atomic E-state index is 11.5. The molecule has 1 aliphatic rings. The summed E-state index contributed by atoms with van der Waals surface area (Å²) in [5.41, 5.74) is 1.01. The highest BCUT2D eigenvalue weighted by atomic mass is 32.2. The largest absolute Gasteiger partial charge is 0.305 e. The molecule has 1 saturated heterocycles. The molecular formula is C15H16N4O2S. The van der Waals surface area contributed by atoms with Gasteiger partial charge in [0.1, 0.15) is 0 Å². The molecule has 0 spiro atoms. The summed E-state index contributed by atoms with van der Waals surface area (Å²) in [6, 6.07) is 9.85. The number of aromatic nitrogens is 3. The Morgan fingerprint density at radius 2 is 1.77 bits per heavy atom. The molecule has 6 nitrogen and oxygen atoms in total. The van der Waals surface area contributed by atoms with E-state index in [-0.39, 0.29) is 11.8 Å². The highest BCUT2D eigenvalue weighted by Crippen LogP contribution is 2.23. The van der Waals surface area contributed by atoms with E-state index in [1.54, 1.807) is 0 Å². The highest BCUT2D eigenvalue weighted by Gasteiger charge is 2.28. The summed E-state index contributed by atoms with van der Waals surface area (Å²) in [7, 11) is 1.91. The van der Waals surface area contributed by atoms with Crippen molar-refractivity contribution >= 4 is 23.6 Å². The van der Waals surface area contributed by atoms with Gasteiger partial charge in [-0.05, 0) is 0 Å². The average molecular weight is 316 g/mol. The van der Waals surface area contributed by atoms with Gasteiger partial charge in [0.05, 0.1) is 0 Å². The number of likely N-dealkylation sites (tertiary alicyclic amines) is 1.